The van der Waals surface area contributed by atoms with Gasteiger partial charge in [0.1, 0.15) is 5.75 Å². The van der Waals surface area contributed by atoms with E-state index in [-0.39, 0.29) is 11.8 Å². The van der Waals surface area contributed by atoms with Gasteiger partial charge in [-0.3, -0.25) is 4.79 Å². The number of carbonyl (C=O) groups is 1. The number of fused-ring (bicyclic) bond motifs is 1. The molecule has 92 valence electrons. The molecule has 1 fully saturated rings. The summed E-state index contributed by atoms with van der Waals surface area (Å²) < 4.78 is 5.28. The summed E-state index contributed by atoms with van der Waals surface area (Å²) >= 11 is 0. The molecule has 3 rings (SSSR count). The zero-order chi connectivity index (χ0) is 12.5. The van der Waals surface area contributed by atoms with Crippen molar-refractivity contribution in [3.8, 4) is 5.75 Å². The Balaban J connectivity index is 2.13. The lowest BCUT2D eigenvalue weighted by atomic mass is 9.92. The predicted molar refractivity (Wildman–Crippen MR) is 70.9 cm³/mol. The van der Waals surface area contributed by atoms with E-state index >= 15 is 0 Å². The predicted octanol–water partition coefficient (Wildman–Crippen LogP) is 2.45. The molecule has 0 spiro atoms. The van der Waals surface area contributed by atoms with E-state index in [9.17, 15) is 4.79 Å². The zero-order valence-corrected chi connectivity index (χ0v) is 10.3. The minimum Gasteiger partial charge on any atom is -0.497 e. The van der Waals surface area contributed by atoms with Crippen LogP contribution in [-0.4, -0.2) is 19.6 Å². The molecule has 0 bridgehead atoms. The lowest BCUT2D eigenvalue weighted by molar-refractivity contribution is -0.119. The molecule has 1 aliphatic heterocycles. The molecular formula is C15H15NO2. The Kier molecular flexibility index (Phi) is 2.67. The Bertz CT molecular complexity index is 606. The second kappa shape index (κ2) is 4.33. The third kappa shape index (κ3) is 1.82. The van der Waals surface area contributed by atoms with Gasteiger partial charge < -0.3 is 10.1 Å². The van der Waals surface area contributed by atoms with E-state index in [4.69, 9.17) is 4.74 Å². The summed E-state index contributed by atoms with van der Waals surface area (Å²) in [5.41, 5.74) is 1.23. The van der Waals surface area contributed by atoms with E-state index in [1.807, 2.05) is 18.2 Å². The van der Waals surface area contributed by atoms with E-state index in [2.05, 4.69) is 23.5 Å². The smallest absolute Gasteiger partial charge is 0.220 e. The van der Waals surface area contributed by atoms with Gasteiger partial charge in [0.2, 0.25) is 5.91 Å². The normalized spacial score (nSPS) is 18.9. The van der Waals surface area contributed by atoms with Crippen molar-refractivity contribution in [2.75, 3.05) is 13.7 Å². The first-order chi connectivity index (χ1) is 8.78. The highest BCUT2D eigenvalue weighted by Gasteiger charge is 2.24. The lowest BCUT2D eigenvalue weighted by Crippen LogP contribution is -2.13. The molecule has 1 aliphatic rings. The van der Waals surface area contributed by atoms with Crippen LogP contribution in [0.5, 0.6) is 5.75 Å². The molecule has 1 amide bonds. The molecule has 1 N–H and O–H groups in total. The Morgan fingerprint density at radius 3 is 2.89 bits per heavy atom. The van der Waals surface area contributed by atoms with Crippen molar-refractivity contribution in [3.63, 3.8) is 0 Å². The van der Waals surface area contributed by atoms with Crippen LogP contribution in [0.15, 0.2) is 36.4 Å². The molecule has 1 saturated heterocycles. The van der Waals surface area contributed by atoms with E-state index < -0.39 is 0 Å². The van der Waals surface area contributed by atoms with Crippen LogP contribution in [0.1, 0.15) is 17.9 Å². The molecule has 1 unspecified atom stereocenters. The van der Waals surface area contributed by atoms with Gasteiger partial charge in [0.25, 0.3) is 0 Å². The highest BCUT2D eigenvalue weighted by molar-refractivity contribution is 5.89. The monoisotopic (exact) mass is 241 g/mol. The lowest BCUT2D eigenvalue weighted by Gasteiger charge is -2.12. The maximum absolute atomic E-state index is 11.4. The Morgan fingerprint density at radius 1 is 1.28 bits per heavy atom. The molecule has 0 aliphatic carbocycles. The van der Waals surface area contributed by atoms with Crippen LogP contribution in [0.3, 0.4) is 0 Å². The van der Waals surface area contributed by atoms with Crippen molar-refractivity contribution in [1.82, 2.24) is 5.32 Å². The molecule has 0 saturated carbocycles. The fraction of sp³-hybridized carbons (Fsp3) is 0.267. The van der Waals surface area contributed by atoms with Gasteiger partial charge in [-0.05, 0) is 28.5 Å². The highest BCUT2D eigenvalue weighted by Crippen LogP contribution is 2.31. The molecule has 3 nitrogen and oxygen atoms in total. The largest absolute Gasteiger partial charge is 0.497 e. The first-order valence-electron chi connectivity index (χ1n) is 6.11. The van der Waals surface area contributed by atoms with Crippen LogP contribution in [0.4, 0.5) is 0 Å². The molecule has 2 aromatic rings. The van der Waals surface area contributed by atoms with Crippen LogP contribution >= 0.6 is 0 Å². The van der Waals surface area contributed by atoms with Crippen LogP contribution in [-0.2, 0) is 4.79 Å². The second-order valence-corrected chi connectivity index (χ2v) is 4.64. The standard InChI is InChI=1S/C15H15NO2/c1-18-12-6-5-10-3-2-4-13(14(10)8-12)11-7-15(17)16-9-11/h2-6,8,11H,7,9H2,1H3,(H,16,17). The first kappa shape index (κ1) is 11.1. The number of nitrogens with one attached hydrogen (secondary N) is 1. The fourth-order valence-electron chi connectivity index (χ4n) is 2.58. The van der Waals surface area contributed by atoms with Crippen LogP contribution in [0, 0.1) is 0 Å². The molecule has 2 aromatic carbocycles. The minimum absolute atomic E-state index is 0.139. The maximum Gasteiger partial charge on any atom is 0.220 e. The van der Waals surface area contributed by atoms with Crippen molar-refractivity contribution in [2.24, 2.45) is 0 Å². The van der Waals surface area contributed by atoms with Crippen molar-refractivity contribution in [1.29, 1.82) is 0 Å². The van der Waals surface area contributed by atoms with Crippen LogP contribution in [0.2, 0.25) is 0 Å². The van der Waals surface area contributed by atoms with Crippen molar-refractivity contribution in [2.45, 2.75) is 12.3 Å². The maximum atomic E-state index is 11.4. The summed E-state index contributed by atoms with van der Waals surface area (Å²) in [4.78, 5) is 11.4. The molecule has 1 heterocycles. The van der Waals surface area contributed by atoms with Crippen LogP contribution in [0.25, 0.3) is 10.8 Å². The molecular weight excluding hydrogens is 226 g/mol. The zero-order valence-electron chi connectivity index (χ0n) is 10.3. The number of hydrogen-bond acceptors (Lipinski definition) is 2. The average molecular weight is 241 g/mol. The van der Waals surface area contributed by atoms with Crippen LogP contribution < -0.4 is 10.1 Å². The molecule has 0 radical (unpaired) electrons. The van der Waals surface area contributed by atoms with Gasteiger partial charge in [-0.1, -0.05) is 24.3 Å². The average Bonchev–Trinajstić information content (AvgIpc) is 2.84. The first-order valence-corrected chi connectivity index (χ1v) is 6.11. The summed E-state index contributed by atoms with van der Waals surface area (Å²) in [6, 6.07) is 12.3. The summed E-state index contributed by atoms with van der Waals surface area (Å²) in [6.45, 7) is 0.731. The summed E-state index contributed by atoms with van der Waals surface area (Å²) in [7, 11) is 1.67. The number of methoxy groups -OCH3 is 1. The Labute approximate surface area is 106 Å². The number of ether oxygens (including phenoxy) is 1. The van der Waals surface area contributed by atoms with Gasteiger partial charge in [-0.2, -0.15) is 0 Å². The van der Waals surface area contributed by atoms with E-state index in [1.54, 1.807) is 7.11 Å². The Hall–Kier alpha value is -2.03. The van der Waals surface area contributed by atoms with Gasteiger partial charge in [0.15, 0.2) is 0 Å². The Morgan fingerprint density at radius 2 is 2.17 bits per heavy atom. The van der Waals surface area contributed by atoms with Gasteiger partial charge in [0.05, 0.1) is 7.11 Å². The third-order valence-electron chi connectivity index (χ3n) is 3.54. The summed E-state index contributed by atoms with van der Waals surface area (Å²) in [5.74, 6) is 1.26. The summed E-state index contributed by atoms with van der Waals surface area (Å²) in [5, 5.41) is 5.26. The minimum atomic E-state index is 0.139. The fourth-order valence-corrected chi connectivity index (χ4v) is 2.58. The molecule has 18 heavy (non-hydrogen) atoms. The van der Waals surface area contributed by atoms with E-state index in [1.165, 1.54) is 16.3 Å². The van der Waals surface area contributed by atoms with Gasteiger partial charge >= 0.3 is 0 Å². The van der Waals surface area contributed by atoms with Gasteiger partial charge in [0, 0.05) is 18.9 Å². The van der Waals surface area contributed by atoms with Gasteiger partial charge in [-0.25, -0.2) is 0 Å². The number of amides is 1. The number of carbonyl (C=O) groups excluding carboxylic acids is 1. The number of hydrogen-bond donors (Lipinski definition) is 1. The molecule has 0 aromatic heterocycles. The molecule has 1 atom stereocenters. The van der Waals surface area contributed by atoms with Crippen molar-refractivity contribution < 1.29 is 9.53 Å². The number of benzene rings is 2. The molecule has 3 heteroatoms. The third-order valence-corrected chi connectivity index (χ3v) is 3.54. The van der Waals surface area contributed by atoms with E-state index in [0.717, 1.165) is 12.3 Å². The SMILES string of the molecule is COc1ccc2cccc(C3CNC(=O)C3)c2c1. The van der Waals surface area contributed by atoms with E-state index in [0.29, 0.717) is 6.42 Å². The van der Waals surface area contributed by atoms with Crippen molar-refractivity contribution >= 4 is 16.7 Å². The summed E-state index contributed by atoms with van der Waals surface area (Å²) in [6.07, 6.45) is 0.580. The van der Waals surface area contributed by atoms with Gasteiger partial charge in [-0.15, -0.1) is 0 Å². The second-order valence-electron chi connectivity index (χ2n) is 4.64. The highest BCUT2D eigenvalue weighted by atomic mass is 16.5. The number of rotatable bonds is 2. The van der Waals surface area contributed by atoms with Crippen molar-refractivity contribution in [3.05, 3.63) is 42.0 Å². The quantitative estimate of drug-likeness (QED) is 0.877. The topological polar surface area (TPSA) is 38.3 Å².